The third-order valence-corrected chi connectivity index (χ3v) is 5.53. The summed E-state index contributed by atoms with van der Waals surface area (Å²) in [4.78, 5) is 28.3. The van der Waals surface area contributed by atoms with Gasteiger partial charge in [-0.1, -0.05) is 50.1 Å². The van der Waals surface area contributed by atoms with E-state index >= 15 is 0 Å². The van der Waals surface area contributed by atoms with Crippen LogP contribution in [0, 0.1) is 0 Å². The highest BCUT2D eigenvalue weighted by molar-refractivity contribution is 5.85. The molecule has 1 aliphatic heterocycles. The average Bonchev–Trinajstić information content (AvgIpc) is 3.16. The Bertz CT molecular complexity index is 584. The summed E-state index contributed by atoms with van der Waals surface area (Å²) in [7, 11) is 0. The Morgan fingerprint density at radius 2 is 1.92 bits per heavy atom. The second-order valence-electron chi connectivity index (χ2n) is 7.28. The summed E-state index contributed by atoms with van der Waals surface area (Å²) in [6, 6.07) is 10.6. The molecule has 2 fully saturated rings. The number of rotatable bonds is 5. The van der Waals surface area contributed by atoms with E-state index in [2.05, 4.69) is 24.4 Å². The molecule has 3 rings (SSSR count). The van der Waals surface area contributed by atoms with Gasteiger partial charge < -0.3 is 15.1 Å². The molecule has 0 spiro atoms. The van der Waals surface area contributed by atoms with Crippen LogP contribution in [0.15, 0.2) is 30.3 Å². The van der Waals surface area contributed by atoms with Crippen molar-refractivity contribution in [1.82, 2.24) is 15.1 Å². The molecule has 1 aliphatic carbocycles. The molecule has 0 aromatic heterocycles. The van der Waals surface area contributed by atoms with E-state index in [9.17, 15) is 9.59 Å². The lowest BCUT2D eigenvalue weighted by atomic mass is 9.98. The number of nitrogens with one attached hydrogen (secondary N) is 1. The molecule has 0 radical (unpaired) electrons. The van der Waals surface area contributed by atoms with Gasteiger partial charge in [0.05, 0.1) is 0 Å². The molecule has 1 atom stereocenters. The predicted molar refractivity (Wildman–Crippen MR) is 98.4 cm³/mol. The monoisotopic (exact) mass is 343 g/mol. The summed E-state index contributed by atoms with van der Waals surface area (Å²) < 4.78 is 0. The van der Waals surface area contributed by atoms with Crippen LogP contribution < -0.4 is 5.32 Å². The van der Waals surface area contributed by atoms with Gasteiger partial charge in [0.15, 0.2) is 0 Å². The van der Waals surface area contributed by atoms with Gasteiger partial charge in [-0.2, -0.15) is 0 Å². The first-order valence-corrected chi connectivity index (χ1v) is 9.52. The van der Waals surface area contributed by atoms with Crippen LogP contribution in [0.5, 0.6) is 0 Å². The van der Waals surface area contributed by atoms with Gasteiger partial charge >= 0.3 is 6.03 Å². The summed E-state index contributed by atoms with van der Waals surface area (Å²) in [5.74, 6) is 0.508. The van der Waals surface area contributed by atoms with Crippen molar-refractivity contribution in [2.45, 2.75) is 51.0 Å². The zero-order valence-electron chi connectivity index (χ0n) is 15.1. The van der Waals surface area contributed by atoms with Crippen LogP contribution in [-0.4, -0.2) is 54.0 Å². The number of nitrogens with zero attached hydrogens (tertiary/aromatic N) is 2. The highest BCUT2D eigenvalue weighted by atomic mass is 16.2. The molecule has 25 heavy (non-hydrogen) atoms. The van der Waals surface area contributed by atoms with Crippen LogP contribution >= 0.6 is 0 Å². The van der Waals surface area contributed by atoms with Crippen molar-refractivity contribution < 1.29 is 9.59 Å². The first kappa shape index (κ1) is 17.8. The topological polar surface area (TPSA) is 52.7 Å². The lowest BCUT2D eigenvalue weighted by Crippen LogP contribution is -2.56. The number of piperazine rings is 1. The maximum absolute atomic E-state index is 12.4. The van der Waals surface area contributed by atoms with Crippen LogP contribution in [-0.2, 0) is 4.79 Å². The van der Waals surface area contributed by atoms with Gasteiger partial charge in [0, 0.05) is 25.7 Å². The second-order valence-corrected chi connectivity index (χ2v) is 7.28. The van der Waals surface area contributed by atoms with Gasteiger partial charge in [-0.15, -0.1) is 0 Å². The molecule has 136 valence electrons. The Balaban J connectivity index is 1.41. The predicted octanol–water partition coefficient (Wildman–Crippen LogP) is 2.98. The minimum Gasteiger partial charge on any atom is -0.338 e. The smallest absolute Gasteiger partial charge is 0.317 e. The van der Waals surface area contributed by atoms with E-state index in [0.29, 0.717) is 31.6 Å². The Hall–Kier alpha value is -2.04. The lowest BCUT2D eigenvalue weighted by molar-refractivity contribution is -0.137. The Labute approximate surface area is 150 Å². The van der Waals surface area contributed by atoms with E-state index < -0.39 is 0 Å². The zero-order chi connectivity index (χ0) is 17.6. The molecule has 1 aromatic rings. The lowest BCUT2D eigenvalue weighted by Gasteiger charge is -2.37. The number of benzene rings is 1. The van der Waals surface area contributed by atoms with Gasteiger partial charge in [0.1, 0.15) is 6.54 Å². The average molecular weight is 343 g/mol. The van der Waals surface area contributed by atoms with Gasteiger partial charge in [-0.25, -0.2) is 4.79 Å². The molecule has 0 bridgehead atoms. The largest absolute Gasteiger partial charge is 0.338 e. The van der Waals surface area contributed by atoms with Crippen molar-refractivity contribution in [3.63, 3.8) is 0 Å². The molecule has 1 heterocycles. The summed E-state index contributed by atoms with van der Waals surface area (Å²) in [5.41, 5.74) is 1.29. The Kier molecular flexibility index (Phi) is 5.95. The second kappa shape index (κ2) is 8.37. The molecule has 0 unspecified atom stereocenters. The van der Waals surface area contributed by atoms with Crippen molar-refractivity contribution in [2.75, 3.05) is 26.2 Å². The van der Waals surface area contributed by atoms with Gasteiger partial charge in [0.2, 0.25) is 5.91 Å². The van der Waals surface area contributed by atoms with Crippen molar-refractivity contribution in [3.8, 4) is 0 Å². The molecule has 2 aliphatic rings. The highest BCUT2D eigenvalue weighted by Crippen LogP contribution is 2.24. The van der Waals surface area contributed by atoms with Crippen LogP contribution in [0.4, 0.5) is 4.79 Å². The molecular weight excluding hydrogens is 314 g/mol. The van der Waals surface area contributed by atoms with Crippen LogP contribution in [0.2, 0.25) is 0 Å². The molecule has 5 heteroatoms. The van der Waals surface area contributed by atoms with Gasteiger partial charge in [-0.3, -0.25) is 4.79 Å². The number of carbonyl (C=O) groups is 2. The van der Waals surface area contributed by atoms with Gasteiger partial charge in [-0.05, 0) is 30.7 Å². The Morgan fingerprint density at radius 1 is 1.20 bits per heavy atom. The normalized spacial score (nSPS) is 20.0. The third-order valence-electron chi connectivity index (χ3n) is 5.53. The molecule has 1 aromatic carbocycles. The van der Waals surface area contributed by atoms with Crippen LogP contribution in [0.3, 0.4) is 0 Å². The van der Waals surface area contributed by atoms with Gasteiger partial charge in [0.25, 0.3) is 0 Å². The first-order chi connectivity index (χ1) is 12.1. The van der Waals surface area contributed by atoms with Crippen LogP contribution in [0.25, 0.3) is 0 Å². The summed E-state index contributed by atoms with van der Waals surface area (Å²) in [6.45, 7) is 4.34. The maximum Gasteiger partial charge on any atom is 0.317 e. The van der Waals surface area contributed by atoms with Crippen molar-refractivity contribution in [3.05, 3.63) is 35.9 Å². The number of urea groups is 1. The highest BCUT2D eigenvalue weighted by Gasteiger charge is 2.32. The fourth-order valence-corrected chi connectivity index (χ4v) is 3.92. The fourth-order valence-electron chi connectivity index (χ4n) is 3.92. The minimum absolute atomic E-state index is 0.103. The van der Waals surface area contributed by atoms with Crippen molar-refractivity contribution in [2.24, 2.45) is 0 Å². The number of hydrogen-bond acceptors (Lipinski definition) is 2. The zero-order valence-corrected chi connectivity index (χ0v) is 15.1. The summed E-state index contributed by atoms with van der Waals surface area (Å²) >= 11 is 0. The standard InChI is InChI=1S/C20H29N3O2/c1-16(17-7-3-2-4-8-17)11-12-21-20(25)22-13-14-23(19(24)15-22)18-9-5-6-10-18/h2-4,7-8,16,18H,5-6,9-15H2,1H3,(H,21,25)/t16-/m0/s1. The molecule has 1 saturated carbocycles. The number of hydrogen-bond donors (Lipinski definition) is 1. The van der Waals surface area contributed by atoms with E-state index in [1.165, 1.54) is 18.4 Å². The molecule has 1 saturated heterocycles. The van der Waals surface area contributed by atoms with E-state index in [1.54, 1.807) is 4.90 Å². The molecule has 5 nitrogen and oxygen atoms in total. The van der Waals surface area contributed by atoms with Crippen molar-refractivity contribution in [1.29, 1.82) is 0 Å². The minimum atomic E-state index is -0.111. The van der Waals surface area contributed by atoms with E-state index in [-0.39, 0.29) is 18.5 Å². The molecule has 1 N–H and O–H groups in total. The van der Waals surface area contributed by atoms with Crippen LogP contribution in [0.1, 0.15) is 50.5 Å². The SMILES string of the molecule is C[C@@H](CCNC(=O)N1CCN(C2CCCC2)C(=O)C1)c1ccccc1. The maximum atomic E-state index is 12.4. The Morgan fingerprint density at radius 3 is 2.60 bits per heavy atom. The quantitative estimate of drug-likeness (QED) is 0.893. The fraction of sp³-hybridized carbons (Fsp3) is 0.600. The summed E-state index contributed by atoms with van der Waals surface area (Å²) in [6.07, 6.45) is 5.58. The third kappa shape index (κ3) is 4.53. The molecule has 3 amide bonds. The number of amides is 3. The summed E-state index contributed by atoms with van der Waals surface area (Å²) in [5, 5.41) is 2.97. The number of carbonyl (C=O) groups excluding carboxylic acids is 2. The molecular formula is C20H29N3O2. The van der Waals surface area contributed by atoms with Crippen molar-refractivity contribution >= 4 is 11.9 Å². The van der Waals surface area contributed by atoms with E-state index in [1.807, 2.05) is 23.1 Å². The van der Waals surface area contributed by atoms with E-state index in [0.717, 1.165) is 19.3 Å². The van der Waals surface area contributed by atoms with E-state index in [4.69, 9.17) is 0 Å². The first-order valence-electron chi connectivity index (χ1n) is 9.52.